The van der Waals surface area contributed by atoms with Gasteiger partial charge in [0.2, 0.25) is 0 Å². The molecule has 0 aromatic carbocycles. The minimum atomic E-state index is 0.0213. The Bertz CT molecular complexity index is 323. The van der Waals surface area contributed by atoms with Gasteiger partial charge in [0.25, 0.3) is 0 Å². The zero-order valence-electron chi connectivity index (χ0n) is 7.00. The summed E-state index contributed by atoms with van der Waals surface area (Å²) in [6, 6.07) is 1.87. The van der Waals surface area contributed by atoms with Gasteiger partial charge >= 0.3 is 0 Å². The lowest BCUT2D eigenvalue weighted by molar-refractivity contribution is 0.633. The van der Waals surface area contributed by atoms with Gasteiger partial charge in [-0.25, -0.2) is 4.98 Å². The maximum Gasteiger partial charge on any atom is 0.147 e. The van der Waals surface area contributed by atoms with Gasteiger partial charge in [0.1, 0.15) is 5.15 Å². The molecular formula is C9H10Cl2N2. The first kappa shape index (κ1) is 9.25. The highest BCUT2D eigenvalue weighted by Crippen LogP contribution is 2.42. The van der Waals surface area contributed by atoms with Crippen LogP contribution in [0.3, 0.4) is 0 Å². The molecule has 2 rings (SSSR count). The summed E-state index contributed by atoms with van der Waals surface area (Å²) in [7, 11) is 0. The molecule has 70 valence electrons. The summed E-state index contributed by atoms with van der Waals surface area (Å²) in [4.78, 5) is 3.88. The van der Waals surface area contributed by atoms with Gasteiger partial charge in [0.05, 0.1) is 5.02 Å². The molecule has 1 saturated carbocycles. The summed E-state index contributed by atoms with van der Waals surface area (Å²) < 4.78 is 0. The van der Waals surface area contributed by atoms with Crippen LogP contribution in [-0.4, -0.2) is 4.98 Å². The lowest BCUT2D eigenvalue weighted by Gasteiger charge is -2.12. The molecule has 1 atom stereocenters. The number of aromatic nitrogens is 1. The third-order valence-electron chi connectivity index (χ3n) is 2.37. The van der Waals surface area contributed by atoms with Crippen molar-refractivity contribution in [1.82, 2.24) is 4.98 Å². The Labute approximate surface area is 87.1 Å². The molecule has 0 bridgehead atoms. The van der Waals surface area contributed by atoms with Crippen LogP contribution in [0.5, 0.6) is 0 Å². The summed E-state index contributed by atoms with van der Waals surface area (Å²) in [5.74, 6) is 0.580. The smallest absolute Gasteiger partial charge is 0.147 e. The van der Waals surface area contributed by atoms with E-state index in [0.29, 0.717) is 16.1 Å². The summed E-state index contributed by atoms with van der Waals surface area (Å²) in [6.45, 7) is 0. The molecular weight excluding hydrogens is 207 g/mol. The molecule has 0 unspecified atom stereocenters. The molecule has 0 radical (unpaired) electrons. The van der Waals surface area contributed by atoms with E-state index in [2.05, 4.69) is 4.98 Å². The van der Waals surface area contributed by atoms with E-state index in [9.17, 15) is 0 Å². The minimum Gasteiger partial charge on any atom is -0.324 e. The molecule has 2 nitrogen and oxygen atoms in total. The fraction of sp³-hybridized carbons (Fsp3) is 0.444. The first-order chi connectivity index (χ1) is 6.20. The third kappa shape index (κ3) is 1.80. The molecule has 1 aromatic rings. The maximum atomic E-state index is 6.00. The van der Waals surface area contributed by atoms with Crippen molar-refractivity contribution in [3.63, 3.8) is 0 Å². The summed E-state index contributed by atoms with van der Waals surface area (Å²) in [5.41, 5.74) is 6.92. The van der Waals surface area contributed by atoms with E-state index in [1.807, 2.05) is 6.07 Å². The van der Waals surface area contributed by atoms with Crippen molar-refractivity contribution in [3.8, 4) is 0 Å². The zero-order chi connectivity index (χ0) is 9.42. The van der Waals surface area contributed by atoms with Crippen molar-refractivity contribution in [2.75, 3.05) is 0 Å². The first-order valence-corrected chi connectivity index (χ1v) is 5.01. The third-order valence-corrected chi connectivity index (χ3v) is 3.15. The van der Waals surface area contributed by atoms with E-state index in [0.717, 1.165) is 5.56 Å². The van der Waals surface area contributed by atoms with Crippen LogP contribution in [0.1, 0.15) is 24.4 Å². The number of nitrogens with two attached hydrogens (primary N) is 1. The topological polar surface area (TPSA) is 38.9 Å². The van der Waals surface area contributed by atoms with E-state index in [-0.39, 0.29) is 6.04 Å². The van der Waals surface area contributed by atoms with Gasteiger partial charge in [-0.1, -0.05) is 23.2 Å². The second-order valence-corrected chi connectivity index (χ2v) is 4.10. The molecule has 4 heteroatoms. The van der Waals surface area contributed by atoms with Crippen LogP contribution in [0, 0.1) is 5.92 Å². The average Bonchev–Trinajstić information content (AvgIpc) is 2.91. The molecule has 1 fully saturated rings. The quantitative estimate of drug-likeness (QED) is 0.773. The van der Waals surface area contributed by atoms with Crippen LogP contribution in [0.4, 0.5) is 0 Å². The van der Waals surface area contributed by atoms with Crippen LogP contribution in [0.15, 0.2) is 12.3 Å². The summed E-state index contributed by atoms with van der Waals surface area (Å²) in [6.07, 6.45) is 4.03. The number of pyridine rings is 1. The van der Waals surface area contributed by atoms with E-state index in [1.54, 1.807) is 6.20 Å². The van der Waals surface area contributed by atoms with Crippen LogP contribution < -0.4 is 5.73 Å². The van der Waals surface area contributed by atoms with Crippen molar-refractivity contribution in [2.24, 2.45) is 11.7 Å². The summed E-state index contributed by atoms with van der Waals surface area (Å²) >= 11 is 11.8. The molecule has 0 amide bonds. The highest BCUT2D eigenvalue weighted by atomic mass is 35.5. The Morgan fingerprint density at radius 3 is 2.77 bits per heavy atom. The van der Waals surface area contributed by atoms with E-state index in [1.165, 1.54) is 12.8 Å². The largest absolute Gasteiger partial charge is 0.324 e. The molecule has 1 aliphatic carbocycles. The van der Waals surface area contributed by atoms with Crippen LogP contribution in [-0.2, 0) is 0 Å². The number of hydrogen-bond acceptors (Lipinski definition) is 2. The van der Waals surface area contributed by atoms with Crippen molar-refractivity contribution >= 4 is 23.2 Å². The summed E-state index contributed by atoms with van der Waals surface area (Å²) in [5, 5.41) is 0.846. The van der Waals surface area contributed by atoms with Crippen LogP contribution in [0.2, 0.25) is 10.2 Å². The SMILES string of the molecule is N[C@@H](c1ccnc(Cl)c1Cl)C1CC1. The highest BCUT2D eigenvalue weighted by molar-refractivity contribution is 6.41. The number of rotatable bonds is 2. The standard InChI is InChI=1S/C9H10Cl2N2/c10-7-6(3-4-13-9(7)11)8(12)5-1-2-5/h3-5,8H,1-2,12H2/t8-/m1/s1. The zero-order valence-corrected chi connectivity index (χ0v) is 8.52. The second kappa shape index (κ2) is 3.45. The fourth-order valence-corrected chi connectivity index (χ4v) is 1.80. The van der Waals surface area contributed by atoms with Crippen LogP contribution in [0.25, 0.3) is 0 Å². The van der Waals surface area contributed by atoms with E-state index < -0.39 is 0 Å². The lowest BCUT2D eigenvalue weighted by Crippen LogP contribution is -2.13. The van der Waals surface area contributed by atoms with Gasteiger partial charge in [0, 0.05) is 12.2 Å². The van der Waals surface area contributed by atoms with Crippen molar-refractivity contribution in [1.29, 1.82) is 0 Å². The molecule has 0 saturated heterocycles. The molecule has 1 aromatic heterocycles. The lowest BCUT2D eigenvalue weighted by atomic mass is 10.1. The van der Waals surface area contributed by atoms with Crippen molar-refractivity contribution in [3.05, 3.63) is 28.0 Å². The van der Waals surface area contributed by atoms with Gasteiger partial charge in [-0.15, -0.1) is 0 Å². The Morgan fingerprint density at radius 2 is 2.15 bits per heavy atom. The van der Waals surface area contributed by atoms with Crippen LogP contribution >= 0.6 is 23.2 Å². The van der Waals surface area contributed by atoms with Gasteiger partial charge in [-0.2, -0.15) is 0 Å². The monoisotopic (exact) mass is 216 g/mol. The molecule has 2 N–H and O–H groups in total. The maximum absolute atomic E-state index is 6.00. The highest BCUT2D eigenvalue weighted by Gasteiger charge is 2.31. The Kier molecular flexibility index (Phi) is 2.45. The van der Waals surface area contributed by atoms with Crippen molar-refractivity contribution in [2.45, 2.75) is 18.9 Å². The number of hydrogen-bond donors (Lipinski definition) is 1. The average molecular weight is 217 g/mol. The Hall–Kier alpha value is -0.310. The molecule has 0 aliphatic heterocycles. The van der Waals surface area contributed by atoms with Gasteiger partial charge in [-0.05, 0) is 30.4 Å². The second-order valence-electron chi connectivity index (χ2n) is 3.37. The molecule has 1 heterocycles. The Balaban J connectivity index is 2.32. The van der Waals surface area contributed by atoms with Crippen molar-refractivity contribution < 1.29 is 0 Å². The predicted molar refractivity (Wildman–Crippen MR) is 53.9 cm³/mol. The van der Waals surface area contributed by atoms with E-state index >= 15 is 0 Å². The first-order valence-electron chi connectivity index (χ1n) is 4.25. The van der Waals surface area contributed by atoms with Gasteiger partial charge < -0.3 is 5.73 Å². The fourth-order valence-electron chi connectivity index (χ4n) is 1.40. The predicted octanol–water partition coefficient (Wildman–Crippen LogP) is 2.80. The van der Waals surface area contributed by atoms with Gasteiger partial charge in [0.15, 0.2) is 0 Å². The van der Waals surface area contributed by atoms with Gasteiger partial charge in [-0.3, -0.25) is 0 Å². The number of nitrogens with zero attached hydrogens (tertiary/aromatic N) is 1. The molecule has 13 heavy (non-hydrogen) atoms. The number of halogens is 2. The molecule has 1 aliphatic rings. The Morgan fingerprint density at radius 1 is 1.46 bits per heavy atom. The molecule has 0 spiro atoms. The minimum absolute atomic E-state index is 0.0213. The van der Waals surface area contributed by atoms with E-state index in [4.69, 9.17) is 28.9 Å². The normalized spacial score (nSPS) is 18.7.